The molecule has 7 heteroatoms. The van der Waals surface area contributed by atoms with E-state index in [1.54, 1.807) is 18.0 Å². The summed E-state index contributed by atoms with van der Waals surface area (Å²) >= 11 is 5.84. The van der Waals surface area contributed by atoms with E-state index in [4.69, 9.17) is 11.6 Å². The second kappa shape index (κ2) is 6.67. The number of hydrogen-bond donors (Lipinski definition) is 1. The molecule has 2 heterocycles. The number of nitrogens with zero attached hydrogens (tertiary/aromatic N) is 3. The van der Waals surface area contributed by atoms with Crippen LogP contribution >= 0.6 is 11.6 Å². The zero-order chi connectivity index (χ0) is 14.5. The summed E-state index contributed by atoms with van der Waals surface area (Å²) < 4.78 is 0. The fourth-order valence-corrected chi connectivity index (χ4v) is 2.28. The summed E-state index contributed by atoms with van der Waals surface area (Å²) in [6, 6.07) is 1.62. The summed E-state index contributed by atoms with van der Waals surface area (Å²) in [6.07, 6.45) is 3.02. The van der Waals surface area contributed by atoms with Gasteiger partial charge in [-0.15, -0.1) is 0 Å². The first-order valence-corrected chi connectivity index (χ1v) is 6.80. The first kappa shape index (κ1) is 14.7. The molecule has 108 valence electrons. The molecule has 0 aromatic carbocycles. The van der Waals surface area contributed by atoms with Crippen molar-refractivity contribution in [2.24, 2.45) is 0 Å². The lowest BCUT2D eigenvalue weighted by Crippen LogP contribution is -2.50. The van der Waals surface area contributed by atoms with Gasteiger partial charge >= 0.3 is 0 Å². The van der Waals surface area contributed by atoms with Gasteiger partial charge in [0.15, 0.2) is 0 Å². The van der Waals surface area contributed by atoms with E-state index in [1.165, 1.54) is 12.4 Å². The molecular formula is C13H17ClN4O2. The summed E-state index contributed by atoms with van der Waals surface area (Å²) in [4.78, 5) is 31.3. The number of pyridine rings is 1. The maximum absolute atomic E-state index is 12.3. The second-order valence-corrected chi connectivity index (χ2v) is 5.07. The van der Waals surface area contributed by atoms with Crippen LogP contribution in [0.1, 0.15) is 10.4 Å². The second-order valence-electron chi connectivity index (χ2n) is 4.63. The van der Waals surface area contributed by atoms with Crippen LogP contribution < -0.4 is 5.32 Å². The van der Waals surface area contributed by atoms with E-state index < -0.39 is 0 Å². The van der Waals surface area contributed by atoms with E-state index >= 15 is 0 Å². The van der Waals surface area contributed by atoms with Crippen LogP contribution in [0.5, 0.6) is 0 Å². The molecule has 0 spiro atoms. The molecular weight excluding hydrogens is 280 g/mol. The Morgan fingerprint density at radius 1 is 1.30 bits per heavy atom. The standard InChI is InChI=1S/C13H17ClN4O2/c1-15-12(19)9-17-2-4-18(5-3-17)13(20)10-6-11(14)8-16-7-10/h6-8H,2-5,9H2,1H3,(H,15,19). The van der Waals surface area contributed by atoms with Crippen molar-refractivity contribution in [1.29, 1.82) is 0 Å². The summed E-state index contributed by atoms with van der Waals surface area (Å²) in [7, 11) is 1.62. The topological polar surface area (TPSA) is 65.5 Å². The first-order chi connectivity index (χ1) is 9.60. The van der Waals surface area contributed by atoms with Crippen LogP contribution in [0.15, 0.2) is 18.5 Å². The van der Waals surface area contributed by atoms with E-state index in [1.807, 2.05) is 4.90 Å². The molecule has 1 aromatic rings. The number of aromatic nitrogens is 1. The first-order valence-electron chi connectivity index (χ1n) is 6.43. The lowest BCUT2D eigenvalue weighted by molar-refractivity contribution is -0.122. The number of rotatable bonds is 3. The van der Waals surface area contributed by atoms with Gasteiger partial charge in [-0.25, -0.2) is 0 Å². The van der Waals surface area contributed by atoms with Crippen molar-refractivity contribution in [1.82, 2.24) is 20.1 Å². The third kappa shape index (κ3) is 3.68. The van der Waals surface area contributed by atoms with Gasteiger partial charge in [0.05, 0.1) is 17.1 Å². The summed E-state index contributed by atoms with van der Waals surface area (Å²) in [5.41, 5.74) is 0.497. The minimum atomic E-state index is -0.0698. The summed E-state index contributed by atoms with van der Waals surface area (Å²) in [6.45, 7) is 2.95. The van der Waals surface area contributed by atoms with Gasteiger partial charge in [0, 0.05) is 45.6 Å². The van der Waals surface area contributed by atoms with Crippen LogP contribution in [-0.4, -0.2) is 66.4 Å². The van der Waals surface area contributed by atoms with Crippen LogP contribution in [0, 0.1) is 0 Å². The number of carbonyl (C=O) groups excluding carboxylic acids is 2. The van der Waals surface area contributed by atoms with Crippen LogP contribution in [-0.2, 0) is 4.79 Å². The smallest absolute Gasteiger partial charge is 0.255 e. The third-order valence-electron chi connectivity index (χ3n) is 3.26. The summed E-state index contributed by atoms with van der Waals surface area (Å²) in [5.74, 6) is -0.0802. The average molecular weight is 297 g/mol. The fraction of sp³-hybridized carbons (Fsp3) is 0.462. The van der Waals surface area contributed by atoms with Gasteiger partial charge in [-0.05, 0) is 6.07 Å². The van der Waals surface area contributed by atoms with Crippen molar-refractivity contribution in [2.75, 3.05) is 39.8 Å². The molecule has 1 aromatic heterocycles. The van der Waals surface area contributed by atoms with Crippen molar-refractivity contribution in [3.8, 4) is 0 Å². The largest absolute Gasteiger partial charge is 0.358 e. The van der Waals surface area contributed by atoms with Crippen LogP contribution in [0.2, 0.25) is 5.02 Å². The Hall–Kier alpha value is -1.66. The van der Waals surface area contributed by atoms with Crippen LogP contribution in [0.25, 0.3) is 0 Å². The molecule has 0 saturated carbocycles. The number of carbonyl (C=O) groups is 2. The van der Waals surface area contributed by atoms with Crippen molar-refractivity contribution in [2.45, 2.75) is 0 Å². The van der Waals surface area contributed by atoms with Crippen molar-refractivity contribution >= 4 is 23.4 Å². The number of piperazine rings is 1. The van der Waals surface area contributed by atoms with E-state index in [0.29, 0.717) is 43.3 Å². The van der Waals surface area contributed by atoms with Gasteiger partial charge in [-0.2, -0.15) is 0 Å². The van der Waals surface area contributed by atoms with E-state index in [-0.39, 0.29) is 11.8 Å². The Kier molecular flexibility index (Phi) is 4.92. The Bertz CT molecular complexity index is 501. The minimum Gasteiger partial charge on any atom is -0.358 e. The highest BCUT2D eigenvalue weighted by Crippen LogP contribution is 2.12. The van der Waals surface area contributed by atoms with Gasteiger partial charge in [-0.3, -0.25) is 19.5 Å². The molecule has 6 nitrogen and oxygen atoms in total. The molecule has 1 fully saturated rings. The van der Waals surface area contributed by atoms with E-state index in [9.17, 15) is 9.59 Å². The predicted molar refractivity (Wildman–Crippen MR) is 75.7 cm³/mol. The molecule has 20 heavy (non-hydrogen) atoms. The van der Waals surface area contributed by atoms with Crippen molar-refractivity contribution in [3.63, 3.8) is 0 Å². The van der Waals surface area contributed by atoms with Gasteiger partial charge in [0.1, 0.15) is 0 Å². The molecule has 1 N–H and O–H groups in total. The zero-order valence-electron chi connectivity index (χ0n) is 11.3. The van der Waals surface area contributed by atoms with Gasteiger partial charge in [-0.1, -0.05) is 11.6 Å². The SMILES string of the molecule is CNC(=O)CN1CCN(C(=O)c2cncc(Cl)c2)CC1. The summed E-state index contributed by atoms with van der Waals surface area (Å²) in [5, 5.41) is 3.05. The molecule has 1 aliphatic rings. The number of hydrogen-bond acceptors (Lipinski definition) is 4. The van der Waals surface area contributed by atoms with Gasteiger partial charge < -0.3 is 10.2 Å². The maximum Gasteiger partial charge on any atom is 0.255 e. The predicted octanol–water partition coefficient (Wildman–Crippen LogP) is 0.239. The molecule has 0 atom stereocenters. The molecule has 1 saturated heterocycles. The number of nitrogens with one attached hydrogen (secondary N) is 1. The molecule has 2 rings (SSSR count). The van der Waals surface area contributed by atoms with Crippen LogP contribution in [0.3, 0.4) is 0 Å². The van der Waals surface area contributed by atoms with E-state index in [2.05, 4.69) is 10.3 Å². The molecule has 0 aliphatic carbocycles. The minimum absolute atomic E-state index is 0.0104. The molecule has 0 radical (unpaired) electrons. The van der Waals surface area contributed by atoms with Crippen LogP contribution in [0.4, 0.5) is 0 Å². The normalized spacial score (nSPS) is 16.0. The van der Waals surface area contributed by atoms with Gasteiger partial charge in [0.25, 0.3) is 5.91 Å². The van der Waals surface area contributed by atoms with E-state index in [0.717, 1.165) is 0 Å². The third-order valence-corrected chi connectivity index (χ3v) is 3.46. The zero-order valence-corrected chi connectivity index (χ0v) is 12.1. The lowest BCUT2D eigenvalue weighted by atomic mass is 10.2. The quantitative estimate of drug-likeness (QED) is 0.868. The Morgan fingerprint density at radius 3 is 2.60 bits per heavy atom. The van der Waals surface area contributed by atoms with Crippen molar-refractivity contribution < 1.29 is 9.59 Å². The number of halogens is 1. The van der Waals surface area contributed by atoms with Crippen molar-refractivity contribution in [3.05, 3.63) is 29.0 Å². The highest BCUT2D eigenvalue weighted by molar-refractivity contribution is 6.30. The number of amides is 2. The lowest BCUT2D eigenvalue weighted by Gasteiger charge is -2.34. The maximum atomic E-state index is 12.3. The monoisotopic (exact) mass is 296 g/mol. The molecule has 0 unspecified atom stereocenters. The number of likely N-dealkylation sites (N-methyl/N-ethyl adjacent to an activating group) is 1. The molecule has 1 aliphatic heterocycles. The fourth-order valence-electron chi connectivity index (χ4n) is 2.10. The Morgan fingerprint density at radius 2 is 2.00 bits per heavy atom. The molecule has 2 amide bonds. The average Bonchev–Trinajstić information content (AvgIpc) is 2.47. The Balaban J connectivity index is 1.90. The van der Waals surface area contributed by atoms with Gasteiger partial charge in [0.2, 0.25) is 5.91 Å². The molecule has 0 bridgehead atoms. The Labute approximate surface area is 122 Å². The highest BCUT2D eigenvalue weighted by atomic mass is 35.5. The highest BCUT2D eigenvalue weighted by Gasteiger charge is 2.23.